The van der Waals surface area contributed by atoms with Crippen LogP contribution in [0, 0.1) is 0 Å². The Morgan fingerprint density at radius 3 is 2.23 bits per heavy atom. The molecule has 22 heavy (non-hydrogen) atoms. The standard InChI is InChI=1S/C17H20N2O2S/c1-12(2)18-17(22)19-13-8-10-14(11-9-13)21-16-7-5-4-6-15(16)20-3/h4-12H,1-3H3,(H2,18,19,22). The van der Waals surface area contributed by atoms with Crippen LogP contribution in [0.15, 0.2) is 48.5 Å². The fourth-order valence-electron chi connectivity index (χ4n) is 1.87. The molecule has 0 heterocycles. The lowest BCUT2D eigenvalue weighted by Crippen LogP contribution is -2.33. The summed E-state index contributed by atoms with van der Waals surface area (Å²) in [6.07, 6.45) is 0. The first-order chi connectivity index (χ1) is 10.6. The highest BCUT2D eigenvalue weighted by molar-refractivity contribution is 7.80. The maximum absolute atomic E-state index is 5.82. The van der Waals surface area contributed by atoms with Crippen LogP contribution in [0.4, 0.5) is 5.69 Å². The van der Waals surface area contributed by atoms with E-state index in [0.717, 1.165) is 11.4 Å². The second-order valence-electron chi connectivity index (χ2n) is 5.03. The van der Waals surface area contributed by atoms with Gasteiger partial charge in [0.05, 0.1) is 7.11 Å². The summed E-state index contributed by atoms with van der Waals surface area (Å²) >= 11 is 5.21. The molecule has 0 unspecified atom stereocenters. The third-order valence-corrected chi connectivity index (χ3v) is 3.05. The fourth-order valence-corrected chi connectivity index (χ4v) is 2.22. The Balaban J connectivity index is 2.01. The third kappa shape index (κ3) is 4.63. The maximum Gasteiger partial charge on any atom is 0.170 e. The highest BCUT2D eigenvalue weighted by atomic mass is 32.1. The predicted octanol–water partition coefficient (Wildman–Crippen LogP) is 4.18. The molecule has 116 valence electrons. The molecular formula is C17H20N2O2S. The van der Waals surface area contributed by atoms with Crippen molar-refractivity contribution in [2.45, 2.75) is 19.9 Å². The summed E-state index contributed by atoms with van der Waals surface area (Å²) in [6.45, 7) is 4.08. The molecule has 0 spiro atoms. The number of ether oxygens (including phenoxy) is 2. The van der Waals surface area contributed by atoms with Crippen LogP contribution in [0.1, 0.15) is 13.8 Å². The molecule has 0 fully saturated rings. The van der Waals surface area contributed by atoms with Crippen molar-refractivity contribution >= 4 is 23.0 Å². The monoisotopic (exact) mass is 316 g/mol. The zero-order valence-electron chi connectivity index (χ0n) is 12.9. The van der Waals surface area contributed by atoms with Gasteiger partial charge in [0, 0.05) is 11.7 Å². The van der Waals surface area contributed by atoms with Gasteiger partial charge in [-0.25, -0.2) is 0 Å². The fraction of sp³-hybridized carbons (Fsp3) is 0.235. The van der Waals surface area contributed by atoms with Crippen molar-refractivity contribution in [3.8, 4) is 17.2 Å². The molecule has 2 aromatic rings. The Kier molecular flexibility index (Phi) is 5.61. The van der Waals surface area contributed by atoms with E-state index in [0.29, 0.717) is 22.7 Å². The molecule has 0 radical (unpaired) electrons. The van der Waals surface area contributed by atoms with Crippen LogP contribution in [0.5, 0.6) is 17.2 Å². The number of thiocarbonyl (C=S) groups is 1. The van der Waals surface area contributed by atoms with Crippen molar-refractivity contribution in [3.05, 3.63) is 48.5 Å². The molecule has 2 rings (SSSR count). The van der Waals surface area contributed by atoms with E-state index in [1.165, 1.54) is 0 Å². The summed E-state index contributed by atoms with van der Waals surface area (Å²) in [7, 11) is 1.62. The first-order valence-electron chi connectivity index (χ1n) is 7.07. The molecule has 2 aromatic carbocycles. The highest BCUT2D eigenvalue weighted by Crippen LogP contribution is 2.31. The van der Waals surface area contributed by atoms with E-state index >= 15 is 0 Å². The average Bonchev–Trinajstić information content (AvgIpc) is 2.49. The second-order valence-corrected chi connectivity index (χ2v) is 5.44. The summed E-state index contributed by atoms with van der Waals surface area (Å²) in [6, 6.07) is 15.4. The summed E-state index contributed by atoms with van der Waals surface area (Å²) < 4.78 is 11.1. The van der Waals surface area contributed by atoms with Crippen molar-refractivity contribution in [2.24, 2.45) is 0 Å². The summed E-state index contributed by atoms with van der Waals surface area (Å²) in [5.74, 6) is 2.12. The lowest BCUT2D eigenvalue weighted by Gasteiger charge is -2.14. The van der Waals surface area contributed by atoms with Crippen molar-refractivity contribution in [2.75, 3.05) is 12.4 Å². The number of para-hydroxylation sites is 2. The number of hydrogen-bond acceptors (Lipinski definition) is 3. The molecule has 0 atom stereocenters. The van der Waals surface area contributed by atoms with Gasteiger partial charge in [-0.15, -0.1) is 0 Å². The largest absolute Gasteiger partial charge is 0.493 e. The zero-order chi connectivity index (χ0) is 15.9. The quantitative estimate of drug-likeness (QED) is 0.810. The second kappa shape index (κ2) is 7.66. The van der Waals surface area contributed by atoms with E-state index in [1.54, 1.807) is 7.11 Å². The van der Waals surface area contributed by atoms with Gasteiger partial charge in [-0.3, -0.25) is 0 Å². The molecule has 2 N–H and O–H groups in total. The van der Waals surface area contributed by atoms with Crippen LogP contribution in [0.25, 0.3) is 0 Å². The van der Waals surface area contributed by atoms with E-state index in [1.807, 2.05) is 62.4 Å². The first-order valence-corrected chi connectivity index (χ1v) is 7.48. The topological polar surface area (TPSA) is 42.5 Å². The first kappa shape index (κ1) is 16.1. The number of benzene rings is 2. The third-order valence-electron chi connectivity index (χ3n) is 2.83. The van der Waals surface area contributed by atoms with Crippen molar-refractivity contribution in [1.82, 2.24) is 5.32 Å². The smallest absolute Gasteiger partial charge is 0.170 e. The van der Waals surface area contributed by atoms with Crippen molar-refractivity contribution < 1.29 is 9.47 Å². The molecule has 0 bridgehead atoms. The van der Waals surface area contributed by atoms with Gasteiger partial charge in [0.15, 0.2) is 16.6 Å². The average molecular weight is 316 g/mol. The zero-order valence-corrected chi connectivity index (χ0v) is 13.7. The molecule has 0 aliphatic heterocycles. The van der Waals surface area contributed by atoms with Gasteiger partial charge in [-0.1, -0.05) is 12.1 Å². The molecule has 4 nitrogen and oxygen atoms in total. The van der Waals surface area contributed by atoms with Gasteiger partial charge in [0.25, 0.3) is 0 Å². The van der Waals surface area contributed by atoms with Gasteiger partial charge in [-0.05, 0) is 62.5 Å². The van der Waals surface area contributed by atoms with E-state index in [2.05, 4.69) is 10.6 Å². The lowest BCUT2D eigenvalue weighted by atomic mass is 10.3. The van der Waals surface area contributed by atoms with Crippen LogP contribution in [-0.2, 0) is 0 Å². The van der Waals surface area contributed by atoms with Crippen LogP contribution in [0.2, 0.25) is 0 Å². The predicted molar refractivity (Wildman–Crippen MR) is 94.0 cm³/mol. The molecule has 5 heteroatoms. The lowest BCUT2D eigenvalue weighted by molar-refractivity contribution is 0.379. The molecule has 0 amide bonds. The molecular weight excluding hydrogens is 296 g/mol. The van der Waals surface area contributed by atoms with E-state index in [9.17, 15) is 0 Å². The van der Waals surface area contributed by atoms with Gasteiger partial charge in [0.2, 0.25) is 0 Å². The van der Waals surface area contributed by atoms with E-state index in [4.69, 9.17) is 21.7 Å². The van der Waals surface area contributed by atoms with Crippen LogP contribution in [-0.4, -0.2) is 18.3 Å². The number of methoxy groups -OCH3 is 1. The summed E-state index contributed by atoms with van der Waals surface area (Å²) in [5, 5.41) is 6.87. The Morgan fingerprint density at radius 2 is 1.64 bits per heavy atom. The Morgan fingerprint density at radius 1 is 1.00 bits per heavy atom. The van der Waals surface area contributed by atoms with Gasteiger partial charge < -0.3 is 20.1 Å². The molecule has 0 aliphatic rings. The van der Waals surface area contributed by atoms with Crippen LogP contribution < -0.4 is 20.1 Å². The Labute approximate surface area is 136 Å². The normalized spacial score (nSPS) is 10.2. The van der Waals surface area contributed by atoms with Crippen LogP contribution in [0.3, 0.4) is 0 Å². The molecule has 0 saturated heterocycles. The van der Waals surface area contributed by atoms with Crippen LogP contribution >= 0.6 is 12.2 Å². The van der Waals surface area contributed by atoms with Gasteiger partial charge in [0.1, 0.15) is 5.75 Å². The molecule has 0 saturated carbocycles. The highest BCUT2D eigenvalue weighted by Gasteiger charge is 2.05. The minimum absolute atomic E-state index is 0.299. The van der Waals surface area contributed by atoms with Crippen molar-refractivity contribution in [3.63, 3.8) is 0 Å². The summed E-state index contributed by atoms with van der Waals surface area (Å²) in [4.78, 5) is 0. The van der Waals surface area contributed by atoms with Gasteiger partial charge in [-0.2, -0.15) is 0 Å². The Bertz CT molecular complexity index is 627. The number of rotatable bonds is 5. The summed E-state index contributed by atoms with van der Waals surface area (Å²) in [5.41, 5.74) is 0.908. The number of nitrogens with one attached hydrogen (secondary N) is 2. The molecule has 0 aromatic heterocycles. The molecule has 0 aliphatic carbocycles. The maximum atomic E-state index is 5.82. The van der Waals surface area contributed by atoms with E-state index in [-0.39, 0.29) is 0 Å². The minimum atomic E-state index is 0.299. The van der Waals surface area contributed by atoms with E-state index < -0.39 is 0 Å². The SMILES string of the molecule is COc1ccccc1Oc1ccc(NC(=S)NC(C)C)cc1. The minimum Gasteiger partial charge on any atom is -0.493 e. The van der Waals surface area contributed by atoms with Crippen molar-refractivity contribution in [1.29, 1.82) is 0 Å². The Hall–Kier alpha value is -2.27. The number of hydrogen-bond donors (Lipinski definition) is 2. The number of anilines is 1. The van der Waals surface area contributed by atoms with Gasteiger partial charge >= 0.3 is 0 Å².